The number of carboxylic acid groups (broad SMARTS) is 1. The highest BCUT2D eigenvalue weighted by Crippen LogP contribution is 2.38. The van der Waals surface area contributed by atoms with Crippen LogP contribution in [0.2, 0.25) is 0 Å². The zero-order chi connectivity index (χ0) is 19.2. The van der Waals surface area contributed by atoms with Crippen molar-refractivity contribution in [2.24, 2.45) is 0 Å². The number of carboxylic acids is 1. The first kappa shape index (κ1) is 19.5. The molecule has 0 amide bonds. The minimum Gasteiger partial charge on any atom is -0.476 e. The van der Waals surface area contributed by atoms with E-state index in [1.165, 1.54) is 18.2 Å². The Balaban J connectivity index is 2.67. The van der Waals surface area contributed by atoms with Crippen LogP contribution in [0, 0.1) is 6.92 Å². The lowest BCUT2D eigenvalue weighted by molar-refractivity contribution is -0.138. The molecule has 0 aliphatic heterocycles. The van der Waals surface area contributed by atoms with Gasteiger partial charge in [-0.05, 0) is 18.6 Å². The fraction of sp³-hybridized carbons (Fsp3) is 0.412. The van der Waals surface area contributed by atoms with E-state index in [-0.39, 0.29) is 22.3 Å². The molecule has 0 aliphatic carbocycles. The largest absolute Gasteiger partial charge is 0.476 e. The van der Waals surface area contributed by atoms with E-state index in [4.69, 9.17) is 0 Å². The summed E-state index contributed by atoms with van der Waals surface area (Å²) in [6, 6.07) is 4.25. The van der Waals surface area contributed by atoms with Crippen molar-refractivity contribution in [3.05, 3.63) is 51.0 Å². The molecule has 1 aromatic carbocycles. The second kappa shape index (κ2) is 6.48. The molecule has 0 atom stereocenters. The Kier molecular flexibility index (Phi) is 5.05. The van der Waals surface area contributed by atoms with E-state index in [1.807, 2.05) is 20.8 Å². The van der Waals surface area contributed by atoms with Gasteiger partial charge in [0.1, 0.15) is 5.82 Å². The lowest BCUT2D eigenvalue weighted by Gasteiger charge is -2.22. The molecule has 1 heterocycles. The third kappa shape index (κ3) is 3.89. The normalized spacial score (nSPS) is 12.5. The maximum absolute atomic E-state index is 13.4. The molecule has 0 spiro atoms. The number of hydrogen-bond acceptors (Lipinski definition) is 2. The van der Waals surface area contributed by atoms with E-state index in [0.29, 0.717) is 11.5 Å². The number of carbonyl (C=O) groups is 1. The lowest BCUT2D eigenvalue weighted by Crippen LogP contribution is -2.21. The Morgan fingerprint density at radius 3 is 2.36 bits per heavy atom. The standard InChI is InChI=1S/C17H18BrF3N2O2/c1-9-13(14(24)25)22-15(16(2,3)4)23(9)8-10-6-5-7-11(18)12(10)17(19,20)21/h5-7H,8H2,1-4H3,(H,24,25). The van der Waals surface area contributed by atoms with Crippen molar-refractivity contribution in [3.63, 3.8) is 0 Å². The molecule has 0 bridgehead atoms. The molecule has 2 aromatic rings. The molecule has 0 radical (unpaired) electrons. The summed E-state index contributed by atoms with van der Waals surface area (Å²) in [5, 5.41) is 9.30. The van der Waals surface area contributed by atoms with E-state index < -0.39 is 23.1 Å². The summed E-state index contributed by atoms with van der Waals surface area (Å²) in [7, 11) is 0. The van der Waals surface area contributed by atoms with Crippen molar-refractivity contribution in [3.8, 4) is 0 Å². The van der Waals surface area contributed by atoms with Gasteiger partial charge in [0, 0.05) is 22.1 Å². The second-order valence-corrected chi connectivity index (χ2v) is 7.64. The number of alkyl halides is 3. The minimum absolute atomic E-state index is 0.0461. The predicted molar refractivity (Wildman–Crippen MR) is 90.9 cm³/mol. The molecule has 1 aromatic heterocycles. The SMILES string of the molecule is Cc1c(C(=O)O)nc(C(C)(C)C)n1Cc1cccc(Br)c1C(F)(F)F. The van der Waals surface area contributed by atoms with Gasteiger partial charge in [0.25, 0.3) is 0 Å². The van der Waals surface area contributed by atoms with E-state index in [0.717, 1.165) is 0 Å². The van der Waals surface area contributed by atoms with Crippen molar-refractivity contribution >= 4 is 21.9 Å². The summed E-state index contributed by atoms with van der Waals surface area (Å²) in [4.78, 5) is 15.5. The highest BCUT2D eigenvalue weighted by molar-refractivity contribution is 9.10. The molecule has 0 fully saturated rings. The Morgan fingerprint density at radius 1 is 1.28 bits per heavy atom. The average molecular weight is 419 g/mol. The van der Waals surface area contributed by atoms with E-state index >= 15 is 0 Å². The monoisotopic (exact) mass is 418 g/mol. The van der Waals surface area contributed by atoms with E-state index in [9.17, 15) is 23.1 Å². The van der Waals surface area contributed by atoms with Crippen LogP contribution in [0.5, 0.6) is 0 Å². The number of benzene rings is 1. The van der Waals surface area contributed by atoms with Crippen LogP contribution < -0.4 is 0 Å². The number of halogens is 4. The van der Waals surface area contributed by atoms with Crippen molar-refractivity contribution in [1.82, 2.24) is 9.55 Å². The summed E-state index contributed by atoms with van der Waals surface area (Å²) in [6.45, 7) is 6.94. The second-order valence-electron chi connectivity index (χ2n) is 6.78. The average Bonchev–Trinajstić information content (AvgIpc) is 2.75. The maximum Gasteiger partial charge on any atom is 0.417 e. The topological polar surface area (TPSA) is 55.1 Å². The Bertz CT molecular complexity index is 821. The van der Waals surface area contributed by atoms with Crippen LogP contribution in [0.15, 0.2) is 22.7 Å². The van der Waals surface area contributed by atoms with Crippen LogP contribution in [-0.2, 0) is 18.1 Å². The lowest BCUT2D eigenvalue weighted by atomic mass is 9.95. The Hall–Kier alpha value is -1.83. The molecule has 0 saturated carbocycles. The molecule has 0 aliphatic rings. The van der Waals surface area contributed by atoms with Gasteiger partial charge in [-0.15, -0.1) is 0 Å². The van der Waals surface area contributed by atoms with E-state index in [2.05, 4.69) is 20.9 Å². The highest BCUT2D eigenvalue weighted by atomic mass is 79.9. The van der Waals surface area contributed by atoms with Gasteiger partial charge in [0.2, 0.25) is 0 Å². The van der Waals surface area contributed by atoms with Crippen molar-refractivity contribution in [2.75, 3.05) is 0 Å². The van der Waals surface area contributed by atoms with Crippen LogP contribution in [0.25, 0.3) is 0 Å². The van der Waals surface area contributed by atoms with Gasteiger partial charge >= 0.3 is 12.1 Å². The van der Waals surface area contributed by atoms with Crippen LogP contribution in [0.3, 0.4) is 0 Å². The zero-order valence-corrected chi connectivity index (χ0v) is 15.8. The molecule has 136 valence electrons. The van der Waals surface area contributed by atoms with Gasteiger partial charge in [-0.1, -0.05) is 48.8 Å². The van der Waals surface area contributed by atoms with Crippen molar-refractivity contribution in [2.45, 2.75) is 45.8 Å². The Morgan fingerprint density at radius 2 is 1.88 bits per heavy atom. The van der Waals surface area contributed by atoms with Gasteiger partial charge in [0.15, 0.2) is 5.69 Å². The molecule has 1 N–H and O–H groups in total. The molecule has 8 heteroatoms. The Labute approximate surface area is 151 Å². The summed E-state index contributed by atoms with van der Waals surface area (Å²) >= 11 is 2.96. The van der Waals surface area contributed by atoms with Gasteiger partial charge in [-0.3, -0.25) is 0 Å². The van der Waals surface area contributed by atoms with Crippen LogP contribution in [-0.4, -0.2) is 20.6 Å². The smallest absolute Gasteiger partial charge is 0.417 e. The number of aromatic nitrogens is 2. The molecule has 0 saturated heterocycles. The predicted octanol–water partition coefficient (Wildman–Crippen LogP) is 5.02. The third-order valence-corrected chi connectivity index (χ3v) is 4.47. The minimum atomic E-state index is -4.53. The van der Waals surface area contributed by atoms with Crippen molar-refractivity contribution in [1.29, 1.82) is 0 Å². The molecular weight excluding hydrogens is 401 g/mol. The quantitative estimate of drug-likeness (QED) is 0.761. The first-order valence-corrected chi connectivity index (χ1v) is 8.28. The van der Waals surface area contributed by atoms with Crippen molar-refractivity contribution < 1.29 is 23.1 Å². The fourth-order valence-electron chi connectivity index (χ4n) is 2.69. The molecule has 4 nitrogen and oxygen atoms in total. The number of hydrogen-bond donors (Lipinski definition) is 1. The van der Waals surface area contributed by atoms with E-state index in [1.54, 1.807) is 11.5 Å². The first-order chi connectivity index (χ1) is 11.3. The van der Waals surface area contributed by atoms with Crippen LogP contribution in [0.1, 0.15) is 53.9 Å². The molecule has 25 heavy (non-hydrogen) atoms. The maximum atomic E-state index is 13.4. The number of nitrogens with zero attached hydrogens (tertiary/aromatic N) is 2. The highest BCUT2D eigenvalue weighted by Gasteiger charge is 2.36. The summed E-state index contributed by atoms with van der Waals surface area (Å²) < 4.78 is 41.8. The number of imidazole rings is 1. The molecular formula is C17H18BrF3N2O2. The fourth-order valence-corrected chi connectivity index (χ4v) is 3.32. The summed E-state index contributed by atoms with van der Waals surface area (Å²) in [5.74, 6) is -0.775. The van der Waals surface area contributed by atoms with Gasteiger partial charge < -0.3 is 9.67 Å². The number of aromatic carboxylic acids is 1. The van der Waals surface area contributed by atoms with Crippen LogP contribution in [0.4, 0.5) is 13.2 Å². The van der Waals surface area contributed by atoms with Gasteiger partial charge in [-0.25, -0.2) is 9.78 Å². The first-order valence-electron chi connectivity index (χ1n) is 7.49. The molecule has 2 rings (SSSR count). The summed E-state index contributed by atoms with van der Waals surface area (Å²) in [5.41, 5.74) is -1.06. The van der Waals surface area contributed by atoms with Gasteiger partial charge in [0.05, 0.1) is 5.56 Å². The molecule has 0 unspecified atom stereocenters. The summed E-state index contributed by atoms with van der Waals surface area (Å²) in [6.07, 6.45) is -4.53. The zero-order valence-electron chi connectivity index (χ0n) is 14.2. The van der Waals surface area contributed by atoms with Crippen LogP contribution >= 0.6 is 15.9 Å². The number of rotatable bonds is 3. The third-order valence-electron chi connectivity index (χ3n) is 3.81. The van der Waals surface area contributed by atoms with Gasteiger partial charge in [-0.2, -0.15) is 13.2 Å².